The van der Waals surface area contributed by atoms with Crippen LogP contribution in [-0.2, 0) is 24.2 Å². The molecule has 16 heavy (non-hydrogen) atoms. The Kier molecular flexibility index (Phi) is 3.73. The van der Waals surface area contributed by atoms with Gasteiger partial charge in [-0.25, -0.2) is 0 Å². The molecule has 0 radical (unpaired) electrons. The van der Waals surface area contributed by atoms with Crippen LogP contribution in [0.15, 0.2) is 6.07 Å². The van der Waals surface area contributed by atoms with Gasteiger partial charge >= 0.3 is 5.97 Å². The number of carboxylic acid groups (broad SMARTS) is 1. The second-order valence-electron chi connectivity index (χ2n) is 4.68. The molecule has 0 aliphatic rings. The fourth-order valence-corrected chi connectivity index (χ4v) is 1.55. The van der Waals surface area contributed by atoms with Crippen molar-refractivity contribution in [2.45, 2.75) is 47.1 Å². The van der Waals surface area contributed by atoms with E-state index in [2.05, 4.69) is 25.0 Å². The van der Waals surface area contributed by atoms with E-state index in [-0.39, 0.29) is 0 Å². The molecule has 0 aromatic carbocycles. The van der Waals surface area contributed by atoms with Crippen molar-refractivity contribution in [1.82, 2.24) is 9.78 Å². The van der Waals surface area contributed by atoms with Crippen LogP contribution in [0.4, 0.5) is 0 Å². The van der Waals surface area contributed by atoms with E-state index < -0.39 is 11.4 Å². The van der Waals surface area contributed by atoms with Crippen molar-refractivity contribution in [3.05, 3.63) is 17.5 Å². The fourth-order valence-electron chi connectivity index (χ4n) is 1.55. The van der Waals surface area contributed by atoms with Crippen LogP contribution < -0.4 is 0 Å². The lowest BCUT2D eigenvalue weighted by Crippen LogP contribution is -2.30. The van der Waals surface area contributed by atoms with Gasteiger partial charge in [0.2, 0.25) is 0 Å². The Morgan fingerprint density at radius 2 is 2.06 bits per heavy atom. The Morgan fingerprint density at radius 3 is 2.50 bits per heavy atom. The average molecular weight is 224 g/mol. The minimum Gasteiger partial charge on any atom is -0.481 e. The monoisotopic (exact) mass is 224 g/mol. The van der Waals surface area contributed by atoms with Crippen molar-refractivity contribution >= 4 is 5.97 Å². The maximum atomic E-state index is 11.1. The highest BCUT2D eigenvalue weighted by molar-refractivity contribution is 5.73. The Hall–Kier alpha value is -1.32. The van der Waals surface area contributed by atoms with Gasteiger partial charge in [0, 0.05) is 5.69 Å². The van der Waals surface area contributed by atoms with Crippen molar-refractivity contribution in [2.24, 2.45) is 5.41 Å². The standard InChI is InChI=1S/C12H20N2O2/c1-5-9-7-10(6-2)14(13-9)8-12(3,4)11(15)16/h7H,5-6,8H2,1-4H3,(H,15,16). The van der Waals surface area contributed by atoms with Crippen LogP contribution in [-0.4, -0.2) is 20.9 Å². The summed E-state index contributed by atoms with van der Waals surface area (Å²) in [6, 6.07) is 2.05. The van der Waals surface area contributed by atoms with Crippen molar-refractivity contribution in [2.75, 3.05) is 0 Å². The van der Waals surface area contributed by atoms with Crippen LogP contribution in [0.25, 0.3) is 0 Å². The molecule has 0 atom stereocenters. The molecule has 0 fully saturated rings. The van der Waals surface area contributed by atoms with Gasteiger partial charge in [-0.15, -0.1) is 0 Å². The Labute approximate surface area is 96.3 Å². The lowest BCUT2D eigenvalue weighted by molar-refractivity contribution is -0.147. The van der Waals surface area contributed by atoms with Gasteiger partial charge in [0.15, 0.2) is 0 Å². The molecule has 0 aliphatic carbocycles. The molecule has 0 saturated carbocycles. The molecule has 0 aliphatic heterocycles. The third-order valence-electron chi connectivity index (χ3n) is 2.76. The highest BCUT2D eigenvalue weighted by Crippen LogP contribution is 2.20. The molecule has 1 rings (SSSR count). The minimum atomic E-state index is -0.789. The van der Waals surface area contributed by atoms with E-state index in [1.54, 1.807) is 13.8 Å². The summed E-state index contributed by atoms with van der Waals surface area (Å²) < 4.78 is 1.83. The number of hydrogen-bond acceptors (Lipinski definition) is 2. The first-order valence-electron chi connectivity index (χ1n) is 5.69. The second kappa shape index (κ2) is 4.68. The topological polar surface area (TPSA) is 55.1 Å². The predicted molar refractivity (Wildman–Crippen MR) is 62.4 cm³/mol. The number of aromatic nitrogens is 2. The molecule has 0 bridgehead atoms. The molecule has 1 aromatic rings. The van der Waals surface area contributed by atoms with Crippen LogP contribution >= 0.6 is 0 Å². The van der Waals surface area contributed by atoms with Crippen molar-refractivity contribution in [1.29, 1.82) is 0 Å². The van der Waals surface area contributed by atoms with Crippen LogP contribution in [0.3, 0.4) is 0 Å². The molecule has 0 spiro atoms. The van der Waals surface area contributed by atoms with E-state index in [9.17, 15) is 4.79 Å². The summed E-state index contributed by atoms with van der Waals surface area (Å²) in [5.74, 6) is -0.789. The highest BCUT2D eigenvalue weighted by atomic mass is 16.4. The summed E-state index contributed by atoms with van der Waals surface area (Å²) in [6.45, 7) is 7.98. The summed E-state index contributed by atoms with van der Waals surface area (Å²) in [5, 5.41) is 13.5. The van der Waals surface area contributed by atoms with E-state index >= 15 is 0 Å². The zero-order valence-electron chi connectivity index (χ0n) is 10.4. The maximum absolute atomic E-state index is 11.1. The summed E-state index contributed by atoms with van der Waals surface area (Å²) in [7, 11) is 0. The molecule has 0 saturated heterocycles. The number of carbonyl (C=O) groups is 1. The summed E-state index contributed by atoms with van der Waals surface area (Å²) in [5.41, 5.74) is 1.35. The SMILES string of the molecule is CCc1cc(CC)n(CC(C)(C)C(=O)O)n1. The molecule has 4 nitrogen and oxygen atoms in total. The third-order valence-corrected chi connectivity index (χ3v) is 2.76. The second-order valence-corrected chi connectivity index (χ2v) is 4.68. The summed E-state index contributed by atoms with van der Waals surface area (Å²) >= 11 is 0. The van der Waals surface area contributed by atoms with Crippen LogP contribution in [0.1, 0.15) is 39.1 Å². The largest absolute Gasteiger partial charge is 0.481 e. The van der Waals surface area contributed by atoms with Crippen molar-refractivity contribution in [3.63, 3.8) is 0 Å². The van der Waals surface area contributed by atoms with E-state index in [1.165, 1.54) is 0 Å². The number of hydrogen-bond donors (Lipinski definition) is 1. The Balaban J connectivity index is 2.95. The zero-order valence-corrected chi connectivity index (χ0v) is 10.4. The molecule has 1 N–H and O–H groups in total. The number of aryl methyl sites for hydroxylation is 2. The van der Waals surface area contributed by atoms with E-state index in [0.717, 1.165) is 24.2 Å². The van der Waals surface area contributed by atoms with Gasteiger partial charge in [0.05, 0.1) is 17.7 Å². The van der Waals surface area contributed by atoms with Gasteiger partial charge in [-0.05, 0) is 32.8 Å². The zero-order chi connectivity index (χ0) is 12.3. The minimum absolute atomic E-state index is 0.422. The van der Waals surface area contributed by atoms with Gasteiger partial charge in [-0.1, -0.05) is 13.8 Å². The molecule has 90 valence electrons. The van der Waals surface area contributed by atoms with Crippen LogP contribution in [0.5, 0.6) is 0 Å². The lowest BCUT2D eigenvalue weighted by Gasteiger charge is -2.20. The summed E-state index contributed by atoms with van der Waals surface area (Å²) in [6.07, 6.45) is 1.76. The first-order chi connectivity index (χ1) is 7.40. The highest BCUT2D eigenvalue weighted by Gasteiger charge is 2.28. The molecular weight excluding hydrogens is 204 g/mol. The predicted octanol–water partition coefficient (Wildman–Crippen LogP) is 2.12. The third kappa shape index (κ3) is 2.62. The number of carboxylic acids is 1. The molecule has 0 unspecified atom stereocenters. The molecule has 0 amide bonds. The van der Waals surface area contributed by atoms with Crippen molar-refractivity contribution < 1.29 is 9.90 Å². The van der Waals surface area contributed by atoms with E-state index in [1.807, 2.05) is 4.68 Å². The van der Waals surface area contributed by atoms with Gasteiger partial charge in [0.25, 0.3) is 0 Å². The Morgan fingerprint density at radius 1 is 1.44 bits per heavy atom. The molecular formula is C12H20N2O2. The number of rotatable bonds is 5. The smallest absolute Gasteiger partial charge is 0.310 e. The Bertz CT molecular complexity index is 380. The maximum Gasteiger partial charge on any atom is 0.310 e. The van der Waals surface area contributed by atoms with Gasteiger partial charge in [-0.2, -0.15) is 5.10 Å². The van der Waals surface area contributed by atoms with Gasteiger partial charge < -0.3 is 5.11 Å². The fraction of sp³-hybridized carbons (Fsp3) is 0.667. The summed E-state index contributed by atoms with van der Waals surface area (Å²) in [4.78, 5) is 11.1. The van der Waals surface area contributed by atoms with Crippen molar-refractivity contribution in [3.8, 4) is 0 Å². The molecule has 4 heteroatoms. The molecule has 1 aromatic heterocycles. The van der Waals surface area contributed by atoms with Crippen LogP contribution in [0.2, 0.25) is 0 Å². The van der Waals surface area contributed by atoms with Gasteiger partial charge in [-0.3, -0.25) is 9.48 Å². The lowest BCUT2D eigenvalue weighted by atomic mass is 9.94. The van der Waals surface area contributed by atoms with E-state index in [4.69, 9.17) is 5.11 Å². The first-order valence-corrected chi connectivity index (χ1v) is 5.69. The number of nitrogens with zero attached hydrogens (tertiary/aromatic N) is 2. The van der Waals surface area contributed by atoms with Crippen LogP contribution in [0, 0.1) is 5.41 Å². The quantitative estimate of drug-likeness (QED) is 0.833. The first kappa shape index (κ1) is 12.7. The molecule has 1 heterocycles. The normalized spacial score (nSPS) is 11.8. The van der Waals surface area contributed by atoms with Gasteiger partial charge in [0.1, 0.15) is 0 Å². The van der Waals surface area contributed by atoms with E-state index in [0.29, 0.717) is 6.54 Å². The number of aliphatic carboxylic acids is 1. The average Bonchev–Trinajstić information content (AvgIpc) is 2.59.